The Morgan fingerprint density at radius 1 is 1.24 bits per heavy atom. The fourth-order valence-corrected chi connectivity index (χ4v) is 5.13. The summed E-state index contributed by atoms with van der Waals surface area (Å²) >= 11 is 20.2. The van der Waals surface area contributed by atoms with Gasteiger partial charge in [-0.3, -0.25) is 9.59 Å². The number of carbonyl (C=O) groups is 2. The molecule has 1 aliphatic heterocycles. The van der Waals surface area contributed by atoms with Crippen LogP contribution in [0.5, 0.6) is 5.75 Å². The molecule has 29 heavy (non-hydrogen) atoms. The first kappa shape index (κ1) is 22.4. The average Bonchev–Trinajstić information content (AvgIpc) is 2.94. The van der Waals surface area contributed by atoms with Gasteiger partial charge in [-0.05, 0) is 79.5 Å². The highest BCUT2D eigenvalue weighted by atomic mass is 79.9. The highest BCUT2D eigenvalue weighted by molar-refractivity contribution is 9.11. The molecule has 2 amide bonds. The molecule has 0 saturated heterocycles. The van der Waals surface area contributed by atoms with Crippen LogP contribution >= 0.6 is 66.8 Å². The first-order valence-electron chi connectivity index (χ1n) is 8.09. The first-order valence-corrected chi connectivity index (χ1v) is 11.2. The summed E-state index contributed by atoms with van der Waals surface area (Å²) in [6.45, 7) is 1.62. The van der Waals surface area contributed by atoms with Crippen LogP contribution < -0.4 is 10.1 Å². The lowest BCUT2D eigenvalue weighted by Gasteiger charge is -2.12. The predicted molar refractivity (Wildman–Crippen MR) is 124 cm³/mol. The maximum atomic E-state index is 12.0. The highest BCUT2D eigenvalue weighted by Gasteiger charge is 2.22. The topological polar surface area (TPSA) is 67.8 Å². The molecule has 1 heterocycles. The number of ether oxygens (including phenoxy) is 1. The van der Waals surface area contributed by atoms with E-state index in [-0.39, 0.29) is 17.7 Å². The number of amides is 2. The summed E-state index contributed by atoms with van der Waals surface area (Å²) in [4.78, 5) is 27.4. The fraction of sp³-hybridized carbons (Fsp3) is 0.105. The van der Waals surface area contributed by atoms with Crippen molar-refractivity contribution in [2.75, 3.05) is 0 Å². The molecule has 0 saturated carbocycles. The summed E-state index contributed by atoms with van der Waals surface area (Å²) in [5.74, 6) is -0.0828. The van der Waals surface area contributed by atoms with Crippen molar-refractivity contribution in [3.63, 3.8) is 0 Å². The smallest absolute Gasteiger partial charge is 0.286 e. The second kappa shape index (κ2) is 9.66. The lowest BCUT2D eigenvalue weighted by Crippen LogP contribution is -2.23. The predicted octanol–water partition coefficient (Wildman–Crippen LogP) is 6.20. The summed E-state index contributed by atoms with van der Waals surface area (Å²) in [6, 6.07) is 8.86. The SMILES string of the molecule is CC(=O)NC1=NC(=O)/C(=C\c2cc(Br)c(OCc3ccc(Cl)cc3Cl)c(Br)c2)S1. The molecule has 2 aromatic carbocycles. The van der Waals surface area contributed by atoms with Gasteiger partial charge in [0.1, 0.15) is 12.4 Å². The molecule has 0 spiro atoms. The van der Waals surface area contributed by atoms with Gasteiger partial charge in [0.05, 0.1) is 13.9 Å². The summed E-state index contributed by atoms with van der Waals surface area (Å²) in [5, 5.41) is 3.87. The van der Waals surface area contributed by atoms with Crippen molar-refractivity contribution in [3.05, 3.63) is 65.4 Å². The van der Waals surface area contributed by atoms with Gasteiger partial charge in [0.2, 0.25) is 5.91 Å². The number of hydrogen-bond acceptors (Lipinski definition) is 4. The zero-order valence-corrected chi connectivity index (χ0v) is 20.3. The van der Waals surface area contributed by atoms with Gasteiger partial charge in [-0.2, -0.15) is 4.99 Å². The maximum absolute atomic E-state index is 12.0. The van der Waals surface area contributed by atoms with Crippen molar-refractivity contribution in [3.8, 4) is 5.75 Å². The van der Waals surface area contributed by atoms with Crippen LogP contribution in [0.4, 0.5) is 0 Å². The van der Waals surface area contributed by atoms with E-state index in [2.05, 4.69) is 42.2 Å². The maximum Gasteiger partial charge on any atom is 0.286 e. The molecule has 10 heteroatoms. The lowest BCUT2D eigenvalue weighted by atomic mass is 10.2. The molecule has 3 rings (SSSR count). The monoisotopic (exact) mass is 576 g/mol. The Hall–Kier alpha value is -1.32. The summed E-state index contributed by atoms with van der Waals surface area (Å²) < 4.78 is 7.29. The van der Waals surface area contributed by atoms with Crippen LogP contribution in [0.15, 0.2) is 49.2 Å². The normalized spacial score (nSPS) is 14.9. The average molecular weight is 579 g/mol. The fourth-order valence-electron chi connectivity index (χ4n) is 2.35. The number of benzene rings is 2. The van der Waals surface area contributed by atoms with Gasteiger partial charge in [-0.1, -0.05) is 29.3 Å². The van der Waals surface area contributed by atoms with Crippen LogP contribution in [0.2, 0.25) is 10.0 Å². The van der Waals surface area contributed by atoms with Crippen molar-refractivity contribution in [1.82, 2.24) is 5.32 Å². The number of aliphatic imine (C=N–C) groups is 1. The number of thioether (sulfide) groups is 1. The molecule has 0 fully saturated rings. The van der Waals surface area contributed by atoms with Crippen LogP contribution in [-0.2, 0) is 16.2 Å². The largest absolute Gasteiger partial charge is 0.486 e. The van der Waals surface area contributed by atoms with Crippen molar-refractivity contribution < 1.29 is 14.3 Å². The van der Waals surface area contributed by atoms with Gasteiger partial charge in [0, 0.05) is 22.5 Å². The molecule has 0 radical (unpaired) electrons. The number of rotatable bonds is 4. The van der Waals surface area contributed by atoms with E-state index in [0.29, 0.717) is 29.6 Å². The Balaban J connectivity index is 1.76. The Labute approximate surface area is 198 Å². The van der Waals surface area contributed by atoms with Gasteiger partial charge in [0.25, 0.3) is 5.91 Å². The molecule has 0 aliphatic carbocycles. The Bertz CT molecular complexity index is 1050. The number of amidine groups is 1. The summed E-state index contributed by atoms with van der Waals surface area (Å²) in [5.41, 5.74) is 1.56. The quantitative estimate of drug-likeness (QED) is 0.439. The molecule has 2 aromatic rings. The number of hydrogen-bond donors (Lipinski definition) is 1. The van der Waals surface area contributed by atoms with Gasteiger partial charge in [0.15, 0.2) is 5.17 Å². The van der Waals surface area contributed by atoms with Crippen molar-refractivity contribution >= 4 is 89.9 Å². The molecule has 0 aromatic heterocycles. The third kappa shape index (κ3) is 5.86. The zero-order chi connectivity index (χ0) is 21.1. The van der Waals surface area contributed by atoms with E-state index in [1.54, 1.807) is 24.3 Å². The molecule has 5 nitrogen and oxygen atoms in total. The minimum Gasteiger partial charge on any atom is -0.486 e. The molecule has 1 aliphatic rings. The lowest BCUT2D eigenvalue weighted by molar-refractivity contribution is -0.117. The number of halogens is 4. The molecule has 1 N–H and O–H groups in total. The Morgan fingerprint density at radius 3 is 2.55 bits per heavy atom. The molecule has 0 bridgehead atoms. The molecule has 0 unspecified atom stereocenters. The Kier molecular flexibility index (Phi) is 7.45. The third-order valence-corrected chi connectivity index (χ3v) is 6.27. The van der Waals surface area contributed by atoms with Gasteiger partial charge >= 0.3 is 0 Å². The van der Waals surface area contributed by atoms with Gasteiger partial charge in [-0.25, -0.2) is 0 Å². The second-order valence-electron chi connectivity index (χ2n) is 5.85. The molecule has 150 valence electrons. The van der Waals surface area contributed by atoms with E-state index in [0.717, 1.165) is 22.9 Å². The highest BCUT2D eigenvalue weighted by Crippen LogP contribution is 2.37. The first-order chi connectivity index (χ1) is 13.7. The van der Waals surface area contributed by atoms with Crippen LogP contribution in [0.25, 0.3) is 6.08 Å². The van der Waals surface area contributed by atoms with Gasteiger partial charge in [-0.15, -0.1) is 0 Å². The van der Waals surface area contributed by atoms with E-state index >= 15 is 0 Å². The molecular weight excluding hydrogens is 567 g/mol. The zero-order valence-electron chi connectivity index (χ0n) is 14.8. The van der Waals surface area contributed by atoms with E-state index in [1.165, 1.54) is 6.92 Å². The van der Waals surface area contributed by atoms with E-state index in [1.807, 2.05) is 12.1 Å². The van der Waals surface area contributed by atoms with Crippen molar-refractivity contribution in [2.24, 2.45) is 4.99 Å². The van der Waals surface area contributed by atoms with Crippen LogP contribution in [0.1, 0.15) is 18.1 Å². The number of nitrogens with one attached hydrogen (secondary N) is 1. The standard InChI is InChI=1S/C19H12Br2Cl2N2O3S/c1-9(26)24-19-25-18(27)16(29-19)6-10-4-13(20)17(14(21)5-10)28-8-11-2-3-12(22)7-15(11)23/h2-7H,8H2,1H3,(H,24,25,26,27)/b16-6+. The number of nitrogens with zero attached hydrogens (tertiary/aromatic N) is 1. The summed E-state index contributed by atoms with van der Waals surface area (Å²) in [6.07, 6.45) is 1.70. The van der Waals surface area contributed by atoms with Gasteiger partial charge < -0.3 is 10.1 Å². The van der Waals surface area contributed by atoms with Crippen LogP contribution in [-0.4, -0.2) is 17.0 Å². The molecular formula is C19H12Br2Cl2N2O3S. The molecule has 0 atom stereocenters. The van der Waals surface area contributed by atoms with E-state index in [4.69, 9.17) is 27.9 Å². The second-order valence-corrected chi connectivity index (χ2v) is 9.43. The minimum absolute atomic E-state index is 0.260. The minimum atomic E-state index is -0.399. The summed E-state index contributed by atoms with van der Waals surface area (Å²) in [7, 11) is 0. The van der Waals surface area contributed by atoms with E-state index < -0.39 is 5.91 Å². The Morgan fingerprint density at radius 2 is 1.93 bits per heavy atom. The van der Waals surface area contributed by atoms with Crippen LogP contribution in [0.3, 0.4) is 0 Å². The van der Waals surface area contributed by atoms with E-state index in [9.17, 15) is 9.59 Å². The third-order valence-electron chi connectivity index (χ3n) is 3.61. The van der Waals surface area contributed by atoms with Crippen molar-refractivity contribution in [1.29, 1.82) is 0 Å². The van der Waals surface area contributed by atoms with Crippen molar-refractivity contribution in [2.45, 2.75) is 13.5 Å². The van der Waals surface area contributed by atoms with Crippen LogP contribution in [0, 0.1) is 0 Å². The number of carbonyl (C=O) groups excluding carboxylic acids is 2.